The van der Waals surface area contributed by atoms with E-state index in [1.807, 2.05) is 6.92 Å². The number of nitrogens with two attached hydrogens (primary N) is 1. The average Bonchev–Trinajstić information content (AvgIpc) is 2.20. The van der Waals surface area contributed by atoms with E-state index >= 15 is 0 Å². The molecule has 1 saturated carbocycles. The van der Waals surface area contributed by atoms with Crippen LogP contribution in [0, 0.1) is 16.7 Å². The van der Waals surface area contributed by atoms with Gasteiger partial charge in [0.05, 0.1) is 0 Å². The molecule has 0 bridgehead atoms. The van der Waals surface area contributed by atoms with Gasteiger partial charge in [-0.2, -0.15) is 0 Å². The molecule has 1 unspecified atom stereocenters. The summed E-state index contributed by atoms with van der Waals surface area (Å²) in [6.07, 6.45) is 5.23. The van der Waals surface area contributed by atoms with Gasteiger partial charge in [0, 0.05) is 12.0 Å². The van der Waals surface area contributed by atoms with Crippen LogP contribution in [0.3, 0.4) is 0 Å². The van der Waals surface area contributed by atoms with E-state index < -0.39 is 0 Å². The van der Waals surface area contributed by atoms with Gasteiger partial charge in [0.15, 0.2) is 0 Å². The lowest BCUT2D eigenvalue weighted by Gasteiger charge is -2.45. The molecule has 19 heavy (non-hydrogen) atoms. The summed E-state index contributed by atoms with van der Waals surface area (Å²) in [4.78, 5) is 12.2. The van der Waals surface area contributed by atoms with Crippen LogP contribution >= 0.6 is 0 Å². The van der Waals surface area contributed by atoms with Crippen LogP contribution in [0.15, 0.2) is 0 Å². The van der Waals surface area contributed by atoms with E-state index in [-0.39, 0.29) is 11.8 Å². The van der Waals surface area contributed by atoms with Gasteiger partial charge < -0.3 is 11.1 Å². The minimum atomic E-state index is 0.0803. The summed E-state index contributed by atoms with van der Waals surface area (Å²) >= 11 is 0. The monoisotopic (exact) mass is 268 g/mol. The van der Waals surface area contributed by atoms with Crippen LogP contribution in [0.2, 0.25) is 0 Å². The predicted molar refractivity (Wildman–Crippen MR) is 80.8 cm³/mol. The molecule has 3 heteroatoms. The summed E-state index contributed by atoms with van der Waals surface area (Å²) < 4.78 is 0. The molecular formula is C16H32N2O. The van der Waals surface area contributed by atoms with Crippen LogP contribution < -0.4 is 11.1 Å². The maximum atomic E-state index is 12.2. The Bertz CT molecular complexity index is 294. The summed E-state index contributed by atoms with van der Waals surface area (Å²) in [5, 5.41) is 3.26. The Balaban J connectivity index is 2.54. The van der Waals surface area contributed by atoms with E-state index in [0.717, 1.165) is 25.7 Å². The number of carbonyl (C=O) groups is 1. The van der Waals surface area contributed by atoms with Gasteiger partial charge in [-0.05, 0) is 49.5 Å². The van der Waals surface area contributed by atoms with E-state index in [1.165, 1.54) is 6.42 Å². The molecule has 0 spiro atoms. The van der Waals surface area contributed by atoms with Crippen LogP contribution in [0.5, 0.6) is 0 Å². The van der Waals surface area contributed by atoms with Crippen molar-refractivity contribution < 1.29 is 4.79 Å². The van der Waals surface area contributed by atoms with E-state index in [4.69, 9.17) is 5.73 Å². The number of rotatable bonds is 5. The molecule has 3 nitrogen and oxygen atoms in total. The summed E-state index contributed by atoms with van der Waals surface area (Å²) in [6, 6.07) is 0.326. The molecule has 0 heterocycles. The topological polar surface area (TPSA) is 55.1 Å². The number of amides is 1. The third kappa shape index (κ3) is 5.52. The van der Waals surface area contributed by atoms with Crippen molar-refractivity contribution in [2.75, 3.05) is 6.54 Å². The van der Waals surface area contributed by atoms with Gasteiger partial charge in [-0.15, -0.1) is 0 Å². The normalized spacial score (nSPS) is 23.9. The fourth-order valence-corrected chi connectivity index (χ4v) is 3.85. The second-order valence-electron chi connectivity index (χ2n) is 7.95. The maximum Gasteiger partial charge on any atom is 0.223 e. The molecule has 0 aromatic heterocycles. The minimum Gasteiger partial charge on any atom is -0.353 e. The molecule has 1 fully saturated rings. The summed E-state index contributed by atoms with van der Waals surface area (Å²) in [5.41, 5.74) is 6.14. The largest absolute Gasteiger partial charge is 0.353 e. The van der Waals surface area contributed by atoms with Gasteiger partial charge in [0.25, 0.3) is 0 Å². The Labute approximate surface area is 118 Å². The Morgan fingerprint density at radius 1 is 1.26 bits per heavy atom. The Hall–Kier alpha value is -0.570. The number of nitrogens with one attached hydrogen (secondary N) is 1. The van der Waals surface area contributed by atoms with Crippen molar-refractivity contribution in [3.8, 4) is 0 Å². The summed E-state index contributed by atoms with van der Waals surface area (Å²) in [6.45, 7) is 11.9. The zero-order valence-corrected chi connectivity index (χ0v) is 13.4. The van der Waals surface area contributed by atoms with Crippen LogP contribution in [0.4, 0.5) is 0 Å². The van der Waals surface area contributed by atoms with Gasteiger partial charge in [-0.3, -0.25) is 4.79 Å². The minimum absolute atomic E-state index is 0.0803. The third-order valence-corrected chi connectivity index (χ3v) is 4.19. The molecule has 0 radical (unpaired) electrons. The molecule has 1 aliphatic rings. The first-order valence-corrected chi connectivity index (χ1v) is 7.66. The van der Waals surface area contributed by atoms with Gasteiger partial charge >= 0.3 is 0 Å². The van der Waals surface area contributed by atoms with Crippen LogP contribution in [-0.2, 0) is 4.79 Å². The number of carbonyl (C=O) groups excluding carboxylic acids is 1. The Kier molecular flexibility index (Phi) is 5.43. The van der Waals surface area contributed by atoms with E-state index in [9.17, 15) is 4.79 Å². The lowest BCUT2D eigenvalue weighted by Crippen LogP contribution is -2.47. The molecule has 1 aliphatic carbocycles. The molecule has 0 aromatic carbocycles. The van der Waals surface area contributed by atoms with Crippen LogP contribution in [0.1, 0.15) is 66.7 Å². The molecule has 1 atom stereocenters. The second-order valence-corrected chi connectivity index (χ2v) is 7.95. The molecule has 0 saturated heterocycles. The fraction of sp³-hybridized carbons (Fsp3) is 0.938. The fourth-order valence-electron chi connectivity index (χ4n) is 3.85. The highest BCUT2D eigenvalue weighted by molar-refractivity contribution is 5.78. The van der Waals surface area contributed by atoms with Crippen molar-refractivity contribution in [3.63, 3.8) is 0 Å². The summed E-state index contributed by atoms with van der Waals surface area (Å²) in [7, 11) is 0. The maximum absolute atomic E-state index is 12.2. The lowest BCUT2D eigenvalue weighted by molar-refractivity contribution is -0.126. The molecule has 0 aliphatic heterocycles. The highest BCUT2D eigenvalue weighted by Crippen LogP contribution is 2.45. The van der Waals surface area contributed by atoms with Gasteiger partial charge in [0.1, 0.15) is 0 Å². The van der Waals surface area contributed by atoms with Crippen molar-refractivity contribution in [2.45, 2.75) is 72.8 Å². The Morgan fingerprint density at radius 2 is 1.79 bits per heavy atom. The molecule has 1 amide bonds. The predicted octanol–water partition coefficient (Wildman–Crippen LogP) is 3.08. The standard InChI is InChI=1S/C16H32N2O/c1-12(7-6-8-17)14(19)18-13-9-15(2,3)11-16(4,5)10-13/h12-13H,6-11,17H2,1-5H3,(H,18,19). The second kappa shape index (κ2) is 6.25. The van der Waals surface area contributed by atoms with Crippen molar-refractivity contribution in [2.24, 2.45) is 22.5 Å². The van der Waals surface area contributed by atoms with E-state index in [0.29, 0.717) is 23.4 Å². The SMILES string of the molecule is CC(CCCN)C(=O)NC1CC(C)(C)CC(C)(C)C1. The zero-order chi connectivity index (χ0) is 14.7. The zero-order valence-electron chi connectivity index (χ0n) is 13.4. The van der Waals surface area contributed by atoms with Crippen molar-refractivity contribution in [1.82, 2.24) is 5.32 Å². The van der Waals surface area contributed by atoms with Gasteiger partial charge in [-0.25, -0.2) is 0 Å². The van der Waals surface area contributed by atoms with Crippen molar-refractivity contribution >= 4 is 5.91 Å². The molecule has 1 rings (SSSR count). The van der Waals surface area contributed by atoms with Gasteiger partial charge in [-0.1, -0.05) is 34.6 Å². The Morgan fingerprint density at radius 3 is 2.26 bits per heavy atom. The van der Waals surface area contributed by atoms with E-state index in [2.05, 4.69) is 33.0 Å². The lowest BCUT2D eigenvalue weighted by atomic mass is 9.63. The first-order valence-electron chi connectivity index (χ1n) is 7.66. The smallest absolute Gasteiger partial charge is 0.223 e. The van der Waals surface area contributed by atoms with Gasteiger partial charge in [0.2, 0.25) is 5.91 Å². The molecular weight excluding hydrogens is 236 g/mol. The molecule has 0 aromatic rings. The molecule has 112 valence electrons. The summed E-state index contributed by atoms with van der Waals surface area (Å²) in [5.74, 6) is 0.281. The molecule has 3 N–H and O–H groups in total. The number of hydrogen-bond donors (Lipinski definition) is 2. The third-order valence-electron chi connectivity index (χ3n) is 4.19. The number of hydrogen-bond acceptors (Lipinski definition) is 2. The first-order chi connectivity index (χ1) is 8.65. The van der Waals surface area contributed by atoms with E-state index in [1.54, 1.807) is 0 Å². The highest BCUT2D eigenvalue weighted by Gasteiger charge is 2.39. The average molecular weight is 268 g/mol. The highest BCUT2D eigenvalue weighted by atomic mass is 16.1. The van der Waals surface area contributed by atoms with Crippen molar-refractivity contribution in [3.05, 3.63) is 0 Å². The first kappa shape index (κ1) is 16.5. The quantitative estimate of drug-likeness (QED) is 0.805. The van der Waals surface area contributed by atoms with Crippen molar-refractivity contribution in [1.29, 1.82) is 0 Å². The van der Waals surface area contributed by atoms with Crippen LogP contribution in [-0.4, -0.2) is 18.5 Å². The van der Waals surface area contributed by atoms with Crippen LogP contribution in [0.25, 0.3) is 0 Å².